The van der Waals surface area contributed by atoms with Gasteiger partial charge in [0.2, 0.25) is 0 Å². The molecular weight excluding hydrogens is 324 g/mol. The smallest absolute Gasteiger partial charge is 0.0489 e. The van der Waals surface area contributed by atoms with Crippen molar-refractivity contribution in [3.05, 3.63) is 28.2 Å². The van der Waals surface area contributed by atoms with E-state index in [1.807, 2.05) is 0 Å². The summed E-state index contributed by atoms with van der Waals surface area (Å²) in [5, 5.41) is 3.88. The van der Waals surface area contributed by atoms with Gasteiger partial charge in [-0.15, -0.1) is 0 Å². The highest BCUT2D eigenvalue weighted by Gasteiger charge is 2.40. The van der Waals surface area contributed by atoms with Crippen LogP contribution in [-0.4, -0.2) is 30.1 Å². The van der Waals surface area contributed by atoms with Crippen LogP contribution in [0.1, 0.15) is 38.7 Å². The van der Waals surface area contributed by atoms with Gasteiger partial charge in [0.15, 0.2) is 0 Å². The number of likely N-dealkylation sites (tertiary alicyclic amines) is 1. The minimum atomic E-state index is 0.645. The fraction of sp³-hybridized carbons (Fsp3) is 0.667. The molecule has 2 aliphatic rings. The number of hydrogen-bond acceptors (Lipinski definition) is 2. The standard InChI is InChI=1S/C18H27BrN2/c1-12(2)21-10-14-5-4-6-15(11-21)18(14)20-17-9-13(3)7-8-16(17)19/h7-9,12,14-15,18,20H,4-6,10-11H2,1-3H3. The van der Waals surface area contributed by atoms with E-state index in [1.165, 1.54) is 48.1 Å². The van der Waals surface area contributed by atoms with Gasteiger partial charge < -0.3 is 10.2 Å². The maximum absolute atomic E-state index is 3.88. The van der Waals surface area contributed by atoms with Crippen molar-refractivity contribution in [2.24, 2.45) is 11.8 Å². The first-order valence-electron chi connectivity index (χ1n) is 8.31. The second-order valence-electron chi connectivity index (χ2n) is 7.15. The second kappa shape index (κ2) is 6.29. The molecule has 1 heterocycles. The van der Waals surface area contributed by atoms with Crippen molar-refractivity contribution >= 4 is 21.6 Å². The van der Waals surface area contributed by atoms with Crippen LogP contribution in [0, 0.1) is 18.8 Å². The Kier molecular flexibility index (Phi) is 4.60. The zero-order valence-corrected chi connectivity index (χ0v) is 15.0. The van der Waals surface area contributed by atoms with Crippen LogP contribution in [-0.2, 0) is 0 Å². The summed E-state index contributed by atoms with van der Waals surface area (Å²) in [6, 6.07) is 7.93. The number of rotatable bonds is 3. The van der Waals surface area contributed by atoms with E-state index in [0.29, 0.717) is 12.1 Å². The van der Waals surface area contributed by atoms with Gasteiger partial charge in [0.05, 0.1) is 0 Å². The number of hydrogen-bond donors (Lipinski definition) is 1. The molecule has 1 aliphatic heterocycles. The predicted molar refractivity (Wildman–Crippen MR) is 93.8 cm³/mol. The van der Waals surface area contributed by atoms with Crippen LogP contribution in [0.3, 0.4) is 0 Å². The fourth-order valence-corrected chi connectivity index (χ4v) is 4.42. The SMILES string of the molecule is Cc1ccc(Br)c(NC2C3CCCC2CN(C(C)C)C3)c1. The molecule has 1 saturated heterocycles. The van der Waals surface area contributed by atoms with Crippen LogP contribution >= 0.6 is 15.9 Å². The number of benzene rings is 1. The topological polar surface area (TPSA) is 15.3 Å². The third-order valence-electron chi connectivity index (χ3n) is 5.28. The molecule has 3 rings (SSSR count). The number of nitrogens with zero attached hydrogens (tertiary/aromatic N) is 1. The monoisotopic (exact) mass is 350 g/mol. The van der Waals surface area contributed by atoms with Crippen LogP contribution in [0.15, 0.2) is 22.7 Å². The minimum absolute atomic E-state index is 0.645. The van der Waals surface area contributed by atoms with Crippen LogP contribution in [0.25, 0.3) is 0 Å². The average Bonchev–Trinajstić information content (AvgIpc) is 2.42. The Morgan fingerprint density at radius 1 is 1.19 bits per heavy atom. The fourth-order valence-electron chi connectivity index (χ4n) is 4.06. The summed E-state index contributed by atoms with van der Waals surface area (Å²) < 4.78 is 1.19. The van der Waals surface area contributed by atoms with Crippen LogP contribution in [0.2, 0.25) is 0 Å². The number of piperidine rings is 1. The van der Waals surface area contributed by atoms with Crippen molar-refractivity contribution in [2.45, 2.75) is 52.1 Å². The van der Waals surface area contributed by atoms with E-state index in [4.69, 9.17) is 0 Å². The van der Waals surface area contributed by atoms with E-state index in [9.17, 15) is 0 Å². The number of fused-ring (bicyclic) bond motifs is 2. The minimum Gasteiger partial charge on any atom is -0.381 e. The molecule has 1 aromatic rings. The summed E-state index contributed by atoms with van der Waals surface area (Å²) in [4.78, 5) is 2.68. The molecule has 1 aromatic carbocycles. The molecule has 0 radical (unpaired) electrons. The van der Waals surface area contributed by atoms with E-state index in [-0.39, 0.29) is 0 Å². The molecule has 21 heavy (non-hydrogen) atoms. The molecule has 1 saturated carbocycles. The lowest BCUT2D eigenvalue weighted by Gasteiger charge is -2.49. The van der Waals surface area contributed by atoms with Crippen molar-refractivity contribution in [3.8, 4) is 0 Å². The van der Waals surface area contributed by atoms with Gasteiger partial charge in [0.25, 0.3) is 0 Å². The normalized spacial score (nSPS) is 29.7. The third-order valence-corrected chi connectivity index (χ3v) is 5.97. The summed E-state index contributed by atoms with van der Waals surface area (Å²) in [5.74, 6) is 1.60. The van der Waals surface area contributed by atoms with Crippen molar-refractivity contribution < 1.29 is 0 Å². The molecule has 2 atom stereocenters. The Balaban J connectivity index is 1.78. The summed E-state index contributed by atoms with van der Waals surface area (Å²) >= 11 is 3.70. The Morgan fingerprint density at radius 2 is 1.86 bits per heavy atom. The molecule has 0 aromatic heterocycles. The molecule has 2 fully saturated rings. The highest BCUT2D eigenvalue weighted by molar-refractivity contribution is 9.10. The molecule has 2 nitrogen and oxygen atoms in total. The van der Waals surface area contributed by atoms with Crippen LogP contribution in [0.5, 0.6) is 0 Å². The lowest BCUT2D eigenvalue weighted by atomic mass is 9.73. The third kappa shape index (κ3) is 3.29. The summed E-state index contributed by atoms with van der Waals surface area (Å²) in [7, 11) is 0. The van der Waals surface area contributed by atoms with E-state index >= 15 is 0 Å². The molecule has 2 bridgehead atoms. The molecule has 1 N–H and O–H groups in total. The van der Waals surface area contributed by atoms with Gasteiger partial charge >= 0.3 is 0 Å². The molecule has 3 heteroatoms. The van der Waals surface area contributed by atoms with Gasteiger partial charge in [-0.05, 0) is 79.1 Å². The quantitative estimate of drug-likeness (QED) is 0.851. The van der Waals surface area contributed by atoms with E-state index in [2.05, 4.69) is 65.1 Å². The number of anilines is 1. The lowest BCUT2D eigenvalue weighted by molar-refractivity contribution is 0.0518. The predicted octanol–water partition coefficient (Wildman–Crippen LogP) is 4.68. The Hall–Kier alpha value is -0.540. The van der Waals surface area contributed by atoms with Gasteiger partial charge in [-0.3, -0.25) is 0 Å². The largest absolute Gasteiger partial charge is 0.381 e. The van der Waals surface area contributed by atoms with Crippen molar-refractivity contribution in [1.29, 1.82) is 0 Å². The Labute approximate surface area is 137 Å². The van der Waals surface area contributed by atoms with Crippen LogP contribution < -0.4 is 5.32 Å². The van der Waals surface area contributed by atoms with Gasteiger partial charge in [-0.2, -0.15) is 0 Å². The average molecular weight is 351 g/mol. The maximum Gasteiger partial charge on any atom is 0.0489 e. The highest BCUT2D eigenvalue weighted by atomic mass is 79.9. The first kappa shape index (κ1) is 15.4. The maximum atomic E-state index is 3.88. The molecule has 2 unspecified atom stereocenters. The number of halogens is 1. The molecule has 0 amide bonds. The zero-order valence-electron chi connectivity index (χ0n) is 13.4. The molecule has 116 valence electrons. The van der Waals surface area contributed by atoms with Gasteiger partial charge in [0.1, 0.15) is 0 Å². The molecule has 0 spiro atoms. The van der Waals surface area contributed by atoms with Crippen molar-refractivity contribution in [3.63, 3.8) is 0 Å². The molecular formula is C18H27BrN2. The number of aryl methyl sites for hydroxylation is 1. The zero-order chi connectivity index (χ0) is 15.0. The summed E-state index contributed by atoms with van der Waals surface area (Å²) in [5.41, 5.74) is 2.60. The highest BCUT2D eigenvalue weighted by Crippen LogP contribution is 2.38. The Bertz CT molecular complexity index is 486. The van der Waals surface area contributed by atoms with Crippen molar-refractivity contribution in [1.82, 2.24) is 4.90 Å². The van der Waals surface area contributed by atoms with E-state index in [1.54, 1.807) is 0 Å². The second-order valence-corrected chi connectivity index (χ2v) is 8.01. The van der Waals surface area contributed by atoms with Gasteiger partial charge in [-0.1, -0.05) is 12.5 Å². The lowest BCUT2D eigenvalue weighted by Crippen LogP contribution is -2.56. The summed E-state index contributed by atoms with van der Waals surface area (Å²) in [6.45, 7) is 9.35. The van der Waals surface area contributed by atoms with Crippen LogP contribution in [0.4, 0.5) is 5.69 Å². The Morgan fingerprint density at radius 3 is 2.48 bits per heavy atom. The van der Waals surface area contributed by atoms with E-state index < -0.39 is 0 Å². The van der Waals surface area contributed by atoms with Crippen molar-refractivity contribution in [2.75, 3.05) is 18.4 Å². The van der Waals surface area contributed by atoms with Gasteiger partial charge in [0, 0.05) is 35.3 Å². The first-order valence-corrected chi connectivity index (χ1v) is 9.10. The summed E-state index contributed by atoms with van der Waals surface area (Å²) in [6.07, 6.45) is 4.16. The number of nitrogens with one attached hydrogen (secondary N) is 1. The van der Waals surface area contributed by atoms with Gasteiger partial charge in [-0.25, -0.2) is 0 Å². The first-order chi connectivity index (χ1) is 10.0. The van der Waals surface area contributed by atoms with E-state index in [0.717, 1.165) is 11.8 Å². The molecule has 1 aliphatic carbocycles.